The standard InChI is InChI=1S/C32H42FN3O3.C31H30F3N3O2S.C25H28FN3O2S/c1-2-39-32(38)27-21-14-15-22(19-21)28(27)34-31(37)29-26-11-7-6-8-23(18-20-12-16-24(33)17-13-20)30(26)36(35-29)25-9-4-3-5-10-25;1-21(23-7-3-2-4-8-23)36-40(38,39)18-17-29-27-10-6-5-9-24(19-22-11-13-25(32)14-12-22)31(27)37(35-29)30-16-15-26(33)20-28(30)34;1-18(20-7-3-2-4-8-20)29-32(30,31)16-15-24-23-10-6-5-9-21(25(23)28-27-24)17-19-11-13-22(26)14-12-19/h12-13,16-17,21-23,25,27-28H,2-11,14-15,18-19H2,1H3,(H,34,37);2-4,7-8,11-18,20-21,24,36H,5-6,9-10,19H2,1H3;2-4,7-8,11-16,18,21,29H,5-6,9-10,17H2,1H3,(H,27,28)/b;18-17+;16-15+/t21?,22?,23?,27-,28+;21-,24?;18-,21?/m100/s1. The SMILES string of the molecule is CCOC(=O)[C@@H]1C2CCC(C2)[C@@H]1NC(=O)c1nn(C2CCCCC2)c2c1CCCCC2Cc1ccc(F)cc1.C[C@H](NS(=O)(=O)/C=C/c1n[nH]c2c1CCCCC2Cc1ccc(F)cc1)c1ccccc1.C[C@H](NS(=O)(=O)/C=C/c1nn(-c2ccc(F)cc2F)c2c1CCCCC2Cc1ccc(F)cc1)c1ccccc1. The molecule has 1 amide bonds. The Morgan fingerprint density at radius 2 is 1.03 bits per heavy atom. The fraction of sp³-hybridized carbons (Fsp3) is 0.420. The van der Waals surface area contributed by atoms with E-state index in [1.54, 1.807) is 37.3 Å². The number of halogens is 5. The van der Waals surface area contributed by atoms with Crippen molar-refractivity contribution in [1.82, 2.24) is 44.5 Å². The van der Waals surface area contributed by atoms with Crippen LogP contribution in [0.4, 0.5) is 22.0 Å². The van der Waals surface area contributed by atoms with Crippen LogP contribution in [0.5, 0.6) is 0 Å². The summed E-state index contributed by atoms with van der Waals surface area (Å²) in [4.78, 5) is 26.9. The Bertz CT molecular complexity index is 4950. The van der Waals surface area contributed by atoms with E-state index in [1.807, 2.05) is 98.8 Å². The van der Waals surface area contributed by atoms with Gasteiger partial charge in [-0.1, -0.05) is 136 Å². The number of fused-ring (bicyclic) bond motifs is 5. The quantitative estimate of drug-likeness (QED) is 0.0286. The van der Waals surface area contributed by atoms with Crippen molar-refractivity contribution in [2.75, 3.05) is 6.61 Å². The number of ether oxygens (including phenoxy) is 1. The van der Waals surface area contributed by atoms with Gasteiger partial charge in [0.05, 0.1) is 35.6 Å². The third-order valence-electron chi connectivity index (χ3n) is 23.2. The van der Waals surface area contributed by atoms with Gasteiger partial charge in [0.25, 0.3) is 5.91 Å². The van der Waals surface area contributed by atoms with Gasteiger partial charge >= 0.3 is 5.97 Å². The maximum absolute atomic E-state index is 15.0. The number of esters is 1. The molecule has 6 aromatic carbocycles. The Balaban J connectivity index is 0.000000147. The molecule has 2 bridgehead atoms. The summed E-state index contributed by atoms with van der Waals surface area (Å²) in [5.41, 5.74) is 12.6. The maximum atomic E-state index is 15.0. The second kappa shape index (κ2) is 36.5. The van der Waals surface area contributed by atoms with Gasteiger partial charge in [-0.05, 0) is 230 Å². The summed E-state index contributed by atoms with van der Waals surface area (Å²) < 4.78 is 135. The van der Waals surface area contributed by atoms with Crippen LogP contribution in [0.15, 0.2) is 162 Å². The molecule has 5 unspecified atom stereocenters. The molecule has 15 rings (SSSR count). The third-order valence-corrected chi connectivity index (χ3v) is 25.6. The highest BCUT2D eigenvalue weighted by atomic mass is 32.2. The normalized spacial score (nSPS) is 21.1. The number of hydrogen-bond donors (Lipinski definition) is 4. The molecule has 586 valence electrons. The van der Waals surface area contributed by atoms with Crippen molar-refractivity contribution in [3.63, 3.8) is 0 Å². The molecule has 16 nitrogen and oxygen atoms in total. The number of aromatic amines is 1. The zero-order valence-electron chi connectivity index (χ0n) is 63.3. The van der Waals surface area contributed by atoms with Gasteiger partial charge in [0.1, 0.15) is 29.0 Å². The molecule has 0 saturated heterocycles. The zero-order valence-corrected chi connectivity index (χ0v) is 64.9. The number of aromatic nitrogens is 6. The van der Waals surface area contributed by atoms with Gasteiger partial charge in [0.15, 0.2) is 11.5 Å². The van der Waals surface area contributed by atoms with E-state index in [4.69, 9.17) is 9.84 Å². The number of rotatable bonds is 22. The van der Waals surface area contributed by atoms with Crippen LogP contribution >= 0.6 is 0 Å². The van der Waals surface area contributed by atoms with Crippen molar-refractivity contribution in [2.45, 2.75) is 210 Å². The number of H-pyrrole nitrogens is 1. The van der Waals surface area contributed by atoms with E-state index >= 15 is 4.39 Å². The zero-order chi connectivity index (χ0) is 77.8. The Kier molecular flexibility index (Phi) is 26.3. The first-order chi connectivity index (χ1) is 53.6. The van der Waals surface area contributed by atoms with Crippen molar-refractivity contribution >= 4 is 44.1 Å². The van der Waals surface area contributed by atoms with Crippen LogP contribution in [0.25, 0.3) is 17.8 Å². The van der Waals surface area contributed by atoms with Gasteiger partial charge in [-0.25, -0.2) is 52.9 Å². The summed E-state index contributed by atoms with van der Waals surface area (Å²) in [7, 11) is -7.46. The summed E-state index contributed by atoms with van der Waals surface area (Å²) in [6.07, 6.45) is 25.3. The molecule has 4 N–H and O–H groups in total. The van der Waals surface area contributed by atoms with Gasteiger partial charge in [-0.15, -0.1) is 0 Å². The van der Waals surface area contributed by atoms with Gasteiger partial charge in [0.2, 0.25) is 20.0 Å². The lowest BCUT2D eigenvalue weighted by Gasteiger charge is -2.30. The molecule has 3 saturated carbocycles. The van der Waals surface area contributed by atoms with E-state index in [0.29, 0.717) is 54.4 Å². The highest BCUT2D eigenvalue weighted by molar-refractivity contribution is 7.92. The number of carbonyl (C=O) groups is 2. The van der Waals surface area contributed by atoms with Crippen molar-refractivity contribution in [3.05, 3.63) is 270 Å². The lowest BCUT2D eigenvalue weighted by Crippen LogP contribution is -2.47. The van der Waals surface area contributed by atoms with E-state index < -0.39 is 37.7 Å². The summed E-state index contributed by atoms with van der Waals surface area (Å²) in [6.45, 7) is 5.79. The van der Waals surface area contributed by atoms with E-state index in [9.17, 15) is 44.0 Å². The molecule has 3 aromatic heterocycles. The second-order valence-electron chi connectivity index (χ2n) is 30.8. The molecule has 0 spiro atoms. The summed E-state index contributed by atoms with van der Waals surface area (Å²) in [5.74, 6) is -1.75. The van der Waals surface area contributed by atoms with E-state index in [0.717, 1.165) is 183 Å². The van der Waals surface area contributed by atoms with Crippen molar-refractivity contribution in [3.8, 4) is 5.69 Å². The largest absolute Gasteiger partial charge is 0.466 e. The lowest BCUT2D eigenvalue weighted by molar-refractivity contribution is -0.150. The molecule has 3 fully saturated rings. The average molecular weight is 1550 g/mol. The third kappa shape index (κ3) is 20.0. The number of nitrogens with one attached hydrogen (secondary N) is 4. The number of hydrogen-bond acceptors (Lipinski definition) is 10. The smallest absolute Gasteiger partial charge is 0.311 e. The van der Waals surface area contributed by atoms with Gasteiger partial charge in [-0.2, -0.15) is 15.3 Å². The van der Waals surface area contributed by atoms with Crippen LogP contribution in [-0.2, 0) is 68.1 Å². The lowest BCUT2D eigenvalue weighted by atomic mass is 9.84. The van der Waals surface area contributed by atoms with Crippen LogP contribution < -0.4 is 14.8 Å². The molecule has 6 aliphatic rings. The number of nitrogens with zero attached hydrogens (tertiary/aromatic N) is 5. The molecule has 9 atom stereocenters. The minimum Gasteiger partial charge on any atom is -0.466 e. The first-order valence-corrected chi connectivity index (χ1v) is 42.7. The highest BCUT2D eigenvalue weighted by Gasteiger charge is 2.52. The van der Waals surface area contributed by atoms with Crippen LogP contribution in [0.2, 0.25) is 0 Å². The van der Waals surface area contributed by atoms with Crippen LogP contribution in [-0.4, -0.2) is 71.1 Å². The Hall–Kier alpha value is -9.16. The molecule has 6 aliphatic carbocycles. The second-order valence-corrected chi connectivity index (χ2v) is 34.0. The molecule has 23 heteroatoms. The van der Waals surface area contributed by atoms with E-state index in [1.165, 1.54) is 77.5 Å². The van der Waals surface area contributed by atoms with Crippen molar-refractivity contribution in [2.24, 2.45) is 17.8 Å². The maximum Gasteiger partial charge on any atom is 0.311 e. The van der Waals surface area contributed by atoms with Crippen molar-refractivity contribution < 1.29 is 53.1 Å². The van der Waals surface area contributed by atoms with E-state index in [-0.39, 0.29) is 70.8 Å². The van der Waals surface area contributed by atoms with E-state index in [2.05, 4.69) is 34.7 Å². The predicted octanol–water partition coefficient (Wildman–Crippen LogP) is 18.5. The summed E-state index contributed by atoms with van der Waals surface area (Å²) >= 11 is 0. The predicted molar refractivity (Wildman–Crippen MR) is 422 cm³/mol. The Morgan fingerprint density at radius 3 is 1.58 bits per heavy atom. The molecular weight excluding hydrogens is 1450 g/mol. The first-order valence-electron chi connectivity index (χ1n) is 39.6. The highest BCUT2D eigenvalue weighted by Crippen LogP contribution is 2.50. The Labute approximate surface area is 648 Å². The van der Waals surface area contributed by atoms with Crippen LogP contribution in [0.3, 0.4) is 0 Å². The van der Waals surface area contributed by atoms with Gasteiger partial charge in [0, 0.05) is 80.8 Å². The number of benzene rings is 6. The number of sulfonamides is 2. The minimum absolute atomic E-state index is 0.0852. The van der Waals surface area contributed by atoms with Crippen LogP contribution in [0.1, 0.15) is 249 Å². The van der Waals surface area contributed by atoms with Gasteiger partial charge in [-0.3, -0.25) is 19.4 Å². The number of carbonyl (C=O) groups excluding carboxylic acids is 2. The molecule has 0 radical (unpaired) electrons. The topological polar surface area (TPSA) is 212 Å². The fourth-order valence-corrected chi connectivity index (χ4v) is 19.8. The molecule has 0 aliphatic heterocycles. The summed E-state index contributed by atoms with van der Waals surface area (Å²) in [6, 6.07) is 41.1. The molecule has 9 aromatic rings. The molecule has 3 heterocycles. The summed E-state index contributed by atoms with van der Waals surface area (Å²) in [5, 5.41) is 22.9. The van der Waals surface area contributed by atoms with Crippen molar-refractivity contribution in [1.29, 1.82) is 0 Å². The van der Waals surface area contributed by atoms with Gasteiger partial charge < -0.3 is 10.1 Å². The number of amides is 1. The monoisotopic (exact) mass is 1550 g/mol. The fourth-order valence-electron chi connectivity index (χ4n) is 17.8. The molecule has 111 heavy (non-hydrogen) atoms. The molecular formula is C88H100F5N9O7S2. The van der Waals surface area contributed by atoms with Crippen LogP contribution in [0, 0.1) is 46.8 Å². The first kappa shape index (κ1) is 79.9. The Morgan fingerprint density at radius 1 is 0.541 bits per heavy atom. The average Bonchev–Trinajstić information content (AvgIpc) is 1.62. The minimum atomic E-state index is -3.84.